The maximum absolute atomic E-state index is 6.04. The molecule has 0 saturated heterocycles. The van der Waals surface area contributed by atoms with Crippen molar-refractivity contribution in [3.63, 3.8) is 0 Å². The van der Waals surface area contributed by atoms with Gasteiger partial charge in [0.15, 0.2) is 0 Å². The van der Waals surface area contributed by atoms with Crippen molar-refractivity contribution >= 4 is 22.7 Å². The standard InChI is InChI=1S/C19H19NOS/c1-20-17-10-6-5-9-16(17)18-14(11-12-22-19(18)20)13-21-15-7-3-2-4-8-15/h2-10,14H,11-13H2,1H3. The Kier molecular flexibility index (Phi) is 3.59. The molecule has 1 atom stereocenters. The Hall–Kier alpha value is -1.87. The lowest BCUT2D eigenvalue weighted by Crippen LogP contribution is -2.15. The van der Waals surface area contributed by atoms with Gasteiger partial charge in [-0.1, -0.05) is 36.4 Å². The number of nitrogens with zero attached hydrogens (tertiary/aromatic N) is 1. The second kappa shape index (κ2) is 5.73. The maximum atomic E-state index is 6.04. The lowest BCUT2D eigenvalue weighted by molar-refractivity contribution is 0.283. The molecule has 0 aliphatic carbocycles. The highest BCUT2D eigenvalue weighted by molar-refractivity contribution is 7.99. The minimum Gasteiger partial charge on any atom is -0.493 e. The first-order valence-electron chi connectivity index (χ1n) is 7.72. The molecule has 0 amide bonds. The van der Waals surface area contributed by atoms with Gasteiger partial charge in [0.05, 0.1) is 11.6 Å². The molecule has 2 heterocycles. The molecule has 0 spiro atoms. The lowest BCUT2D eigenvalue weighted by Gasteiger charge is -2.23. The number of para-hydroxylation sites is 2. The smallest absolute Gasteiger partial charge is 0.119 e. The van der Waals surface area contributed by atoms with E-state index in [0.717, 1.165) is 12.4 Å². The van der Waals surface area contributed by atoms with Gasteiger partial charge in [0, 0.05) is 29.6 Å². The van der Waals surface area contributed by atoms with Gasteiger partial charge in [-0.3, -0.25) is 0 Å². The van der Waals surface area contributed by atoms with E-state index in [1.54, 1.807) is 0 Å². The summed E-state index contributed by atoms with van der Waals surface area (Å²) in [4.78, 5) is 0. The van der Waals surface area contributed by atoms with Crippen LogP contribution in [0.3, 0.4) is 0 Å². The van der Waals surface area contributed by atoms with Crippen molar-refractivity contribution in [2.24, 2.45) is 7.05 Å². The van der Waals surface area contributed by atoms with E-state index in [1.807, 2.05) is 42.1 Å². The van der Waals surface area contributed by atoms with Crippen molar-refractivity contribution < 1.29 is 4.74 Å². The van der Waals surface area contributed by atoms with E-state index in [0.29, 0.717) is 5.92 Å². The topological polar surface area (TPSA) is 14.2 Å². The zero-order chi connectivity index (χ0) is 14.9. The SMILES string of the molecule is Cn1c2c(c3ccccc31)C(COc1ccccc1)CCS2. The molecule has 1 aliphatic rings. The van der Waals surface area contributed by atoms with Crippen LogP contribution in [0.4, 0.5) is 0 Å². The van der Waals surface area contributed by atoms with E-state index in [1.165, 1.54) is 33.7 Å². The van der Waals surface area contributed by atoms with Gasteiger partial charge in [-0.25, -0.2) is 0 Å². The molecule has 4 rings (SSSR count). The summed E-state index contributed by atoms with van der Waals surface area (Å²) in [5.74, 6) is 2.60. The van der Waals surface area contributed by atoms with Gasteiger partial charge in [-0.15, -0.1) is 11.8 Å². The van der Waals surface area contributed by atoms with Crippen LogP contribution in [0.15, 0.2) is 59.6 Å². The molecule has 0 bridgehead atoms. The molecule has 1 aromatic heterocycles. The zero-order valence-corrected chi connectivity index (χ0v) is 13.5. The van der Waals surface area contributed by atoms with Gasteiger partial charge in [0.25, 0.3) is 0 Å². The molecule has 2 aromatic carbocycles. The summed E-state index contributed by atoms with van der Waals surface area (Å²) >= 11 is 1.97. The highest BCUT2D eigenvalue weighted by atomic mass is 32.2. The minimum absolute atomic E-state index is 0.475. The molecule has 1 unspecified atom stereocenters. The second-order valence-electron chi connectivity index (χ2n) is 5.75. The van der Waals surface area contributed by atoms with Gasteiger partial charge < -0.3 is 9.30 Å². The van der Waals surface area contributed by atoms with E-state index in [-0.39, 0.29) is 0 Å². The summed E-state index contributed by atoms with van der Waals surface area (Å²) < 4.78 is 8.38. The second-order valence-corrected chi connectivity index (χ2v) is 6.84. The fourth-order valence-electron chi connectivity index (χ4n) is 3.29. The number of hydrogen-bond donors (Lipinski definition) is 0. The van der Waals surface area contributed by atoms with E-state index in [9.17, 15) is 0 Å². The molecule has 2 nitrogen and oxygen atoms in total. The minimum atomic E-state index is 0.475. The third kappa shape index (κ3) is 2.30. The Morgan fingerprint density at radius 1 is 1.09 bits per heavy atom. The maximum Gasteiger partial charge on any atom is 0.119 e. The number of ether oxygens (including phenoxy) is 1. The summed E-state index contributed by atoms with van der Waals surface area (Å²) in [6.07, 6.45) is 1.18. The van der Waals surface area contributed by atoms with Crippen LogP contribution in [-0.4, -0.2) is 16.9 Å². The Labute approximate surface area is 135 Å². The first-order valence-corrected chi connectivity index (χ1v) is 8.71. The number of rotatable bonds is 3. The van der Waals surface area contributed by atoms with E-state index < -0.39 is 0 Å². The quantitative estimate of drug-likeness (QED) is 0.687. The average molecular weight is 309 g/mol. The number of aromatic nitrogens is 1. The molecule has 3 aromatic rings. The fraction of sp³-hybridized carbons (Fsp3) is 0.263. The van der Waals surface area contributed by atoms with Crippen LogP contribution < -0.4 is 4.74 Å². The number of hydrogen-bond acceptors (Lipinski definition) is 2. The molecule has 3 heteroatoms. The van der Waals surface area contributed by atoms with Crippen molar-refractivity contribution in [3.05, 3.63) is 60.2 Å². The Morgan fingerprint density at radius 2 is 1.86 bits per heavy atom. The molecular formula is C19H19NOS. The van der Waals surface area contributed by atoms with Crippen LogP contribution >= 0.6 is 11.8 Å². The van der Waals surface area contributed by atoms with Crippen molar-refractivity contribution in [3.8, 4) is 5.75 Å². The lowest BCUT2D eigenvalue weighted by atomic mass is 9.96. The first-order chi connectivity index (χ1) is 10.8. The van der Waals surface area contributed by atoms with Crippen molar-refractivity contribution in [2.75, 3.05) is 12.4 Å². The first kappa shape index (κ1) is 13.8. The summed E-state index contributed by atoms with van der Waals surface area (Å²) in [6.45, 7) is 0.756. The predicted octanol–water partition coefficient (Wildman–Crippen LogP) is 4.84. The molecule has 1 aliphatic heterocycles. The Morgan fingerprint density at radius 3 is 2.73 bits per heavy atom. The molecular weight excluding hydrogens is 290 g/mol. The monoisotopic (exact) mass is 309 g/mol. The van der Waals surface area contributed by atoms with Gasteiger partial charge >= 0.3 is 0 Å². The average Bonchev–Trinajstić information content (AvgIpc) is 2.88. The van der Waals surface area contributed by atoms with Crippen molar-refractivity contribution in [2.45, 2.75) is 17.4 Å². The summed E-state index contributed by atoms with van der Waals surface area (Å²) in [5.41, 5.74) is 2.80. The van der Waals surface area contributed by atoms with Crippen molar-refractivity contribution in [1.29, 1.82) is 0 Å². The molecule has 0 saturated carbocycles. The zero-order valence-electron chi connectivity index (χ0n) is 12.7. The van der Waals surface area contributed by atoms with E-state index >= 15 is 0 Å². The highest BCUT2D eigenvalue weighted by Gasteiger charge is 2.27. The van der Waals surface area contributed by atoms with Gasteiger partial charge in [-0.2, -0.15) is 0 Å². The van der Waals surface area contributed by atoms with E-state index in [4.69, 9.17) is 4.74 Å². The fourth-order valence-corrected chi connectivity index (χ4v) is 4.61. The molecule has 22 heavy (non-hydrogen) atoms. The van der Waals surface area contributed by atoms with Crippen LogP contribution in [0, 0.1) is 0 Å². The number of benzene rings is 2. The third-order valence-corrected chi connectivity index (χ3v) is 5.61. The highest BCUT2D eigenvalue weighted by Crippen LogP contribution is 2.43. The van der Waals surface area contributed by atoms with Gasteiger partial charge in [-0.05, 0) is 30.2 Å². The number of aryl methyl sites for hydroxylation is 1. The van der Waals surface area contributed by atoms with Crippen LogP contribution in [0.25, 0.3) is 10.9 Å². The third-order valence-electron chi connectivity index (χ3n) is 4.40. The van der Waals surface area contributed by atoms with E-state index in [2.05, 4.69) is 35.9 Å². The normalized spacial score (nSPS) is 17.4. The Balaban J connectivity index is 1.68. The summed E-state index contributed by atoms with van der Waals surface area (Å²) in [7, 11) is 2.18. The predicted molar refractivity (Wildman–Crippen MR) is 92.9 cm³/mol. The van der Waals surface area contributed by atoms with Crippen LogP contribution in [0.2, 0.25) is 0 Å². The van der Waals surface area contributed by atoms with Crippen LogP contribution in [-0.2, 0) is 7.05 Å². The molecule has 0 radical (unpaired) electrons. The summed E-state index contributed by atoms with van der Waals surface area (Å²) in [6, 6.07) is 18.8. The van der Waals surface area contributed by atoms with Gasteiger partial charge in [0.2, 0.25) is 0 Å². The summed E-state index contributed by atoms with van der Waals surface area (Å²) in [5, 5.41) is 2.79. The van der Waals surface area contributed by atoms with Gasteiger partial charge in [0.1, 0.15) is 5.75 Å². The number of fused-ring (bicyclic) bond motifs is 3. The molecule has 0 N–H and O–H groups in total. The molecule has 0 fully saturated rings. The largest absolute Gasteiger partial charge is 0.493 e. The van der Waals surface area contributed by atoms with Crippen LogP contribution in [0.1, 0.15) is 17.9 Å². The van der Waals surface area contributed by atoms with Crippen molar-refractivity contribution in [1.82, 2.24) is 4.57 Å². The Bertz CT molecular complexity index is 794. The number of thioether (sulfide) groups is 1. The van der Waals surface area contributed by atoms with Crippen LogP contribution in [0.5, 0.6) is 5.75 Å². The molecule has 112 valence electrons.